The summed E-state index contributed by atoms with van der Waals surface area (Å²) in [6, 6.07) is 8.18. The standard InChI is InChI=1S/C14H20BrNO3/c1-16(10-13(17)9-14(18)19-2)8-7-11-3-5-12(15)6-4-11/h3-6,13,17H,7-10H2,1-2H3. The number of hydrogen-bond donors (Lipinski definition) is 1. The number of hydrogen-bond acceptors (Lipinski definition) is 4. The summed E-state index contributed by atoms with van der Waals surface area (Å²) in [6.07, 6.45) is 0.274. The molecule has 0 aliphatic carbocycles. The van der Waals surface area contributed by atoms with Crippen LogP contribution < -0.4 is 0 Å². The Hall–Kier alpha value is -0.910. The molecule has 1 atom stereocenters. The van der Waals surface area contributed by atoms with E-state index >= 15 is 0 Å². The predicted octanol–water partition coefficient (Wildman–Crippen LogP) is 1.85. The van der Waals surface area contributed by atoms with Crippen molar-refractivity contribution >= 4 is 21.9 Å². The van der Waals surface area contributed by atoms with E-state index in [1.165, 1.54) is 12.7 Å². The van der Waals surface area contributed by atoms with Gasteiger partial charge in [0.25, 0.3) is 0 Å². The lowest BCUT2D eigenvalue weighted by atomic mass is 10.1. The average Bonchev–Trinajstić information content (AvgIpc) is 2.37. The summed E-state index contributed by atoms with van der Waals surface area (Å²) in [6.45, 7) is 1.30. The molecule has 1 rings (SSSR count). The maximum atomic E-state index is 11.0. The topological polar surface area (TPSA) is 49.8 Å². The van der Waals surface area contributed by atoms with Crippen LogP contribution in [0.4, 0.5) is 0 Å². The maximum absolute atomic E-state index is 11.0. The number of aliphatic hydroxyl groups is 1. The minimum Gasteiger partial charge on any atom is -0.469 e. The van der Waals surface area contributed by atoms with E-state index in [0.29, 0.717) is 6.54 Å². The van der Waals surface area contributed by atoms with Gasteiger partial charge in [-0.25, -0.2) is 0 Å². The first kappa shape index (κ1) is 16.1. The van der Waals surface area contributed by atoms with Crippen LogP contribution in [0.2, 0.25) is 0 Å². The predicted molar refractivity (Wildman–Crippen MR) is 78.0 cm³/mol. The minimum absolute atomic E-state index is 0.0408. The first-order chi connectivity index (χ1) is 9.01. The molecule has 0 fully saturated rings. The third kappa shape index (κ3) is 6.71. The van der Waals surface area contributed by atoms with E-state index in [1.807, 2.05) is 24.1 Å². The quantitative estimate of drug-likeness (QED) is 0.775. The third-order valence-electron chi connectivity index (χ3n) is 2.85. The molecule has 0 bridgehead atoms. The Morgan fingerprint density at radius 3 is 2.63 bits per heavy atom. The molecule has 0 radical (unpaired) electrons. The number of esters is 1. The van der Waals surface area contributed by atoms with Crippen LogP contribution in [0.3, 0.4) is 0 Å². The fourth-order valence-corrected chi connectivity index (χ4v) is 2.03. The second-order valence-electron chi connectivity index (χ2n) is 4.57. The summed E-state index contributed by atoms with van der Waals surface area (Å²) >= 11 is 3.40. The second kappa shape index (κ2) is 8.30. The summed E-state index contributed by atoms with van der Waals surface area (Å²) in [5, 5.41) is 9.71. The molecule has 0 aromatic heterocycles. The Labute approximate surface area is 122 Å². The fraction of sp³-hybridized carbons (Fsp3) is 0.500. The van der Waals surface area contributed by atoms with Gasteiger partial charge in [-0.2, -0.15) is 0 Å². The Bertz CT molecular complexity index is 394. The largest absolute Gasteiger partial charge is 0.469 e. The van der Waals surface area contributed by atoms with Crippen LogP contribution in [-0.4, -0.2) is 49.3 Å². The van der Waals surface area contributed by atoms with E-state index in [0.717, 1.165) is 17.4 Å². The highest BCUT2D eigenvalue weighted by Gasteiger charge is 2.13. The first-order valence-electron chi connectivity index (χ1n) is 6.19. The molecular formula is C14H20BrNO3. The summed E-state index contributed by atoms with van der Waals surface area (Å²) in [5.74, 6) is -0.381. The molecule has 0 saturated heterocycles. The summed E-state index contributed by atoms with van der Waals surface area (Å²) in [4.78, 5) is 13.0. The van der Waals surface area contributed by atoms with Gasteiger partial charge in [-0.3, -0.25) is 4.79 Å². The van der Waals surface area contributed by atoms with Crippen molar-refractivity contribution in [3.63, 3.8) is 0 Å². The maximum Gasteiger partial charge on any atom is 0.308 e. The normalized spacial score (nSPS) is 12.5. The number of carbonyl (C=O) groups is 1. The fourth-order valence-electron chi connectivity index (χ4n) is 1.76. The van der Waals surface area contributed by atoms with Crippen LogP contribution >= 0.6 is 15.9 Å². The van der Waals surface area contributed by atoms with Crippen molar-refractivity contribution in [2.24, 2.45) is 0 Å². The average molecular weight is 330 g/mol. The molecule has 106 valence electrons. The Balaban J connectivity index is 2.29. The van der Waals surface area contributed by atoms with E-state index < -0.39 is 6.10 Å². The molecular weight excluding hydrogens is 310 g/mol. The van der Waals surface area contributed by atoms with E-state index in [4.69, 9.17) is 0 Å². The van der Waals surface area contributed by atoms with Crippen molar-refractivity contribution in [2.75, 3.05) is 27.2 Å². The van der Waals surface area contributed by atoms with E-state index in [-0.39, 0.29) is 12.4 Å². The third-order valence-corrected chi connectivity index (χ3v) is 3.38. The number of likely N-dealkylation sites (N-methyl/N-ethyl adjacent to an activating group) is 1. The van der Waals surface area contributed by atoms with E-state index in [2.05, 4.69) is 32.8 Å². The minimum atomic E-state index is -0.678. The number of carbonyl (C=O) groups excluding carboxylic acids is 1. The van der Waals surface area contributed by atoms with Gasteiger partial charge in [0.05, 0.1) is 19.6 Å². The Morgan fingerprint density at radius 1 is 1.42 bits per heavy atom. The zero-order chi connectivity index (χ0) is 14.3. The van der Waals surface area contributed by atoms with Crippen molar-refractivity contribution in [3.05, 3.63) is 34.3 Å². The van der Waals surface area contributed by atoms with Crippen molar-refractivity contribution in [1.82, 2.24) is 4.90 Å². The van der Waals surface area contributed by atoms with Crippen molar-refractivity contribution in [1.29, 1.82) is 0 Å². The highest BCUT2D eigenvalue weighted by molar-refractivity contribution is 9.10. The molecule has 5 heteroatoms. The summed E-state index contributed by atoms with van der Waals surface area (Å²) in [7, 11) is 3.26. The van der Waals surface area contributed by atoms with Gasteiger partial charge in [0.1, 0.15) is 0 Å². The number of benzene rings is 1. The molecule has 1 aromatic rings. The SMILES string of the molecule is COC(=O)CC(O)CN(C)CCc1ccc(Br)cc1. The molecule has 1 N–H and O–H groups in total. The molecule has 1 unspecified atom stereocenters. The van der Waals surface area contributed by atoms with E-state index in [1.54, 1.807) is 0 Å². The van der Waals surface area contributed by atoms with Gasteiger partial charge in [-0.1, -0.05) is 28.1 Å². The van der Waals surface area contributed by atoms with Gasteiger partial charge in [-0.15, -0.1) is 0 Å². The number of rotatable bonds is 7. The van der Waals surface area contributed by atoms with Gasteiger partial charge < -0.3 is 14.7 Å². The van der Waals surface area contributed by atoms with E-state index in [9.17, 15) is 9.90 Å². The molecule has 0 amide bonds. The summed E-state index contributed by atoms with van der Waals surface area (Å²) < 4.78 is 5.59. The lowest BCUT2D eigenvalue weighted by Gasteiger charge is -2.19. The van der Waals surface area contributed by atoms with Crippen LogP contribution in [0.5, 0.6) is 0 Å². The van der Waals surface area contributed by atoms with Gasteiger partial charge in [0, 0.05) is 17.6 Å². The lowest BCUT2D eigenvalue weighted by Crippen LogP contribution is -2.32. The molecule has 0 aliphatic rings. The number of nitrogens with zero attached hydrogens (tertiary/aromatic N) is 1. The summed E-state index contributed by atoms with van der Waals surface area (Å²) in [5.41, 5.74) is 1.25. The van der Waals surface area contributed by atoms with Gasteiger partial charge in [0.15, 0.2) is 0 Å². The number of aliphatic hydroxyl groups excluding tert-OH is 1. The van der Waals surface area contributed by atoms with Crippen LogP contribution in [0.25, 0.3) is 0 Å². The molecule has 0 spiro atoms. The number of methoxy groups -OCH3 is 1. The van der Waals surface area contributed by atoms with Crippen LogP contribution in [0.15, 0.2) is 28.7 Å². The second-order valence-corrected chi connectivity index (χ2v) is 5.49. The van der Waals surface area contributed by atoms with Crippen LogP contribution in [-0.2, 0) is 16.0 Å². The number of halogens is 1. The molecule has 0 heterocycles. The zero-order valence-corrected chi connectivity index (χ0v) is 12.9. The van der Waals surface area contributed by atoms with Crippen molar-refractivity contribution < 1.29 is 14.6 Å². The van der Waals surface area contributed by atoms with Gasteiger partial charge >= 0.3 is 5.97 Å². The molecule has 0 saturated carbocycles. The zero-order valence-electron chi connectivity index (χ0n) is 11.3. The first-order valence-corrected chi connectivity index (χ1v) is 6.98. The highest BCUT2D eigenvalue weighted by Crippen LogP contribution is 2.11. The Kier molecular flexibility index (Phi) is 7.05. The molecule has 0 aliphatic heterocycles. The smallest absolute Gasteiger partial charge is 0.308 e. The molecule has 1 aromatic carbocycles. The van der Waals surface area contributed by atoms with Gasteiger partial charge in [-0.05, 0) is 31.2 Å². The van der Waals surface area contributed by atoms with Crippen LogP contribution in [0.1, 0.15) is 12.0 Å². The number of ether oxygens (including phenoxy) is 1. The monoisotopic (exact) mass is 329 g/mol. The lowest BCUT2D eigenvalue weighted by molar-refractivity contribution is -0.143. The van der Waals surface area contributed by atoms with Crippen molar-refractivity contribution in [2.45, 2.75) is 18.9 Å². The molecule has 19 heavy (non-hydrogen) atoms. The highest BCUT2D eigenvalue weighted by atomic mass is 79.9. The molecule has 4 nitrogen and oxygen atoms in total. The Morgan fingerprint density at radius 2 is 2.05 bits per heavy atom. The van der Waals surface area contributed by atoms with Crippen LogP contribution in [0, 0.1) is 0 Å². The van der Waals surface area contributed by atoms with Gasteiger partial charge in [0.2, 0.25) is 0 Å². The van der Waals surface area contributed by atoms with Crippen molar-refractivity contribution in [3.8, 4) is 0 Å².